The Kier molecular flexibility index (Phi) is 5.25. The molecule has 6 heteroatoms. The van der Waals surface area contributed by atoms with Crippen LogP contribution in [0.1, 0.15) is 36.1 Å². The van der Waals surface area contributed by atoms with Gasteiger partial charge in [-0.3, -0.25) is 4.57 Å². The van der Waals surface area contributed by atoms with Crippen LogP contribution in [0.5, 0.6) is 0 Å². The van der Waals surface area contributed by atoms with Crippen LogP contribution >= 0.6 is 11.8 Å². The standard InChI is InChI=1S/C15H22N4OS/c1-4-7-19-14(20)17-18-15(19)21-9-13(16)12-6-5-10(2)8-11(12)3/h5-6,8,13H,4,7,9,16H2,1-3H3,(H,17,20). The topological polar surface area (TPSA) is 76.7 Å². The number of nitrogens with zero attached hydrogens (tertiary/aromatic N) is 2. The predicted octanol–water partition coefficient (Wildman–Crippen LogP) is 2.39. The van der Waals surface area contributed by atoms with Crippen molar-refractivity contribution in [2.24, 2.45) is 5.73 Å². The highest BCUT2D eigenvalue weighted by molar-refractivity contribution is 7.99. The quantitative estimate of drug-likeness (QED) is 0.803. The first-order valence-corrected chi connectivity index (χ1v) is 8.12. The van der Waals surface area contributed by atoms with E-state index in [9.17, 15) is 4.79 Å². The average molecular weight is 306 g/mol. The SMILES string of the molecule is CCCn1c(SCC(N)c2ccc(C)cc2C)n[nH]c1=O. The summed E-state index contributed by atoms with van der Waals surface area (Å²) in [5.41, 5.74) is 9.71. The molecule has 0 aliphatic heterocycles. The Morgan fingerprint density at radius 1 is 1.43 bits per heavy atom. The Balaban J connectivity index is 2.07. The molecule has 3 N–H and O–H groups in total. The molecule has 0 radical (unpaired) electrons. The Labute approximate surface area is 128 Å². The maximum atomic E-state index is 11.6. The third kappa shape index (κ3) is 3.77. The molecular formula is C15H22N4OS. The van der Waals surface area contributed by atoms with Gasteiger partial charge in [0.2, 0.25) is 0 Å². The molecule has 0 spiro atoms. The molecule has 1 aromatic heterocycles. The summed E-state index contributed by atoms with van der Waals surface area (Å²) < 4.78 is 1.67. The van der Waals surface area contributed by atoms with Crippen LogP contribution in [0.3, 0.4) is 0 Å². The molecule has 2 rings (SSSR count). The van der Waals surface area contributed by atoms with E-state index in [2.05, 4.69) is 42.2 Å². The van der Waals surface area contributed by atoms with Gasteiger partial charge in [0.25, 0.3) is 0 Å². The molecule has 5 nitrogen and oxygen atoms in total. The van der Waals surface area contributed by atoms with Crippen molar-refractivity contribution in [2.75, 3.05) is 5.75 Å². The molecule has 1 heterocycles. The zero-order valence-corrected chi connectivity index (χ0v) is 13.5. The minimum atomic E-state index is -0.153. The lowest BCUT2D eigenvalue weighted by Gasteiger charge is -2.15. The third-order valence-corrected chi connectivity index (χ3v) is 4.48. The van der Waals surface area contributed by atoms with E-state index >= 15 is 0 Å². The Morgan fingerprint density at radius 3 is 2.86 bits per heavy atom. The number of aromatic amines is 1. The summed E-state index contributed by atoms with van der Waals surface area (Å²) in [6.07, 6.45) is 0.899. The summed E-state index contributed by atoms with van der Waals surface area (Å²) in [7, 11) is 0. The van der Waals surface area contributed by atoms with Gasteiger partial charge in [0, 0.05) is 18.3 Å². The number of benzene rings is 1. The van der Waals surface area contributed by atoms with E-state index in [0.717, 1.165) is 12.0 Å². The highest BCUT2D eigenvalue weighted by atomic mass is 32.2. The first kappa shape index (κ1) is 15.9. The van der Waals surface area contributed by atoms with Crippen molar-refractivity contribution in [1.82, 2.24) is 14.8 Å². The number of hydrogen-bond acceptors (Lipinski definition) is 4. The summed E-state index contributed by atoms with van der Waals surface area (Å²) in [6.45, 7) is 6.87. The van der Waals surface area contributed by atoms with E-state index in [-0.39, 0.29) is 11.7 Å². The molecular weight excluding hydrogens is 284 g/mol. The molecule has 0 saturated heterocycles. The number of nitrogens with one attached hydrogen (secondary N) is 1. The van der Waals surface area contributed by atoms with Crippen molar-refractivity contribution < 1.29 is 0 Å². The van der Waals surface area contributed by atoms with Gasteiger partial charge in [0.1, 0.15) is 0 Å². The monoisotopic (exact) mass is 306 g/mol. The van der Waals surface area contributed by atoms with Crippen LogP contribution in [-0.2, 0) is 6.54 Å². The lowest BCUT2D eigenvalue weighted by Crippen LogP contribution is -2.18. The first-order valence-electron chi connectivity index (χ1n) is 7.13. The number of nitrogens with two attached hydrogens (primary N) is 1. The summed E-state index contributed by atoms with van der Waals surface area (Å²) in [4.78, 5) is 11.6. The Hall–Kier alpha value is -1.53. The van der Waals surface area contributed by atoms with Gasteiger partial charge in [0.05, 0.1) is 0 Å². The number of rotatable bonds is 6. The number of thioether (sulfide) groups is 1. The van der Waals surface area contributed by atoms with Gasteiger partial charge in [-0.2, -0.15) is 0 Å². The summed E-state index contributed by atoms with van der Waals surface area (Å²) >= 11 is 1.52. The zero-order chi connectivity index (χ0) is 15.4. The second-order valence-corrected chi connectivity index (χ2v) is 6.23. The largest absolute Gasteiger partial charge is 0.343 e. The lowest BCUT2D eigenvalue weighted by molar-refractivity contribution is 0.603. The normalized spacial score (nSPS) is 12.6. The zero-order valence-electron chi connectivity index (χ0n) is 12.7. The maximum Gasteiger partial charge on any atom is 0.343 e. The van der Waals surface area contributed by atoms with E-state index < -0.39 is 0 Å². The smallest absolute Gasteiger partial charge is 0.323 e. The van der Waals surface area contributed by atoms with E-state index in [1.54, 1.807) is 4.57 Å². The van der Waals surface area contributed by atoms with Crippen molar-refractivity contribution >= 4 is 11.8 Å². The first-order chi connectivity index (χ1) is 10.0. The fraction of sp³-hybridized carbons (Fsp3) is 0.467. The predicted molar refractivity (Wildman–Crippen MR) is 86.7 cm³/mol. The van der Waals surface area contributed by atoms with Crippen LogP contribution in [0, 0.1) is 13.8 Å². The van der Waals surface area contributed by atoms with E-state index in [1.807, 2.05) is 6.92 Å². The molecule has 114 valence electrons. The van der Waals surface area contributed by atoms with Gasteiger partial charge in [-0.15, -0.1) is 5.10 Å². The van der Waals surface area contributed by atoms with Crippen molar-refractivity contribution in [3.63, 3.8) is 0 Å². The molecule has 21 heavy (non-hydrogen) atoms. The number of aromatic nitrogens is 3. The highest BCUT2D eigenvalue weighted by Gasteiger charge is 2.13. The van der Waals surface area contributed by atoms with Crippen LogP contribution in [0.4, 0.5) is 0 Å². The second-order valence-electron chi connectivity index (χ2n) is 5.24. The molecule has 1 unspecified atom stereocenters. The van der Waals surface area contributed by atoms with Gasteiger partial charge >= 0.3 is 5.69 Å². The molecule has 1 atom stereocenters. The van der Waals surface area contributed by atoms with Gasteiger partial charge in [0.15, 0.2) is 5.16 Å². The van der Waals surface area contributed by atoms with Crippen LogP contribution in [0.2, 0.25) is 0 Å². The van der Waals surface area contributed by atoms with Gasteiger partial charge in [-0.25, -0.2) is 9.89 Å². The maximum absolute atomic E-state index is 11.6. The van der Waals surface area contributed by atoms with Crippen LogP contribution in [-0.4, -0.2) is 20.5 Å². The van der Waals surface area contributed by atoms with Gasteiger partial charge in [-0.05, 0) is 31.4 Å². The summed E-state index contributed by atoms with van der Waals surface area (Å²) in [5, 5.41) is 7.28. The van der Waals surface area contributed by atoms with Crippen LogP contribution < -0.4 is 11.4 Å². The molecule has 0 aliphatic carbocycles. The molecule has 1 aromatic carbocycles. The third-order valence-electron chi connectivity index (χ3n) is 3.39. The summed E-state index contributed by atoms with van der Waals surface area (Å²) in [5.74, 6) is 0.692. The molecule has 0 amide bonds. The molecule has 2 aromatic rings. The average Bonchev–Trinajstić information content (AvgIpc) is 2.78. The minimum Gasteiger partial charge on any atom is -0.323 e. The van der Waals surface area contributed by atoms with Crippen molar-refractivity contribution in [1.29, 1.82) is 0 Å². The van der Waals surface area contributed by atoms with E-state index in [0.29, 0.717) is 17.5 Å². The van der Waals surface area contributed by atoms with Crippen molar-refractivity contribution in [2.45, 2.75) is 44.9 Å². The summed E-state index contributed by atoms with van der Waals surface area (Å²) in [6, 6.07) is 6.23. The number of aryl methyl sites for hydroxylation is 2. The number of H-pyrrole nitrogens is 1. The minimum absolute atomic E-state index is 0.0718. The van der Waals surface area contributed by atoms with E-state index in [1.165, 1.54) is 22.9 Å². The number of hydrogen-bond donors (Lipinski definition) is 2. The Bertz CT molecular complexity index is 662. The van der Waals surface area contributed by atoms with E-state index in [4.69, 9.17) is 5.73 Å². The van der Waals surface area contributed by atoms with Crippen molar-refractivity contribution in [3.05, 3.63) is 45.4 Å². The Morgan fingerprint density at radius 2 is 2.19 bits per heavy atom. The van der Waals surface area contributed by atoms with Gasteiger partial charge < -0.3 is 5.73 Å². The molecule has 0 aliphatic rings. The second kappa shape index (κ2) is 6.95. The fourth-order valence-electron chi connectivity index (χ4n) is 2.33. The van der Waals surface area contributed by atoms with Crippen LogP contribution in [0.15, 0.2) is 28.2 Å². The van der Waals surface area contributed by atoms with Crippen molar-refractivity contribution in [3.8, 4) is 0 Å². The van der Waals surface area contributed by atoms with Crippen LogP contribution in [0.25, 0.3) is 0 Å². The molecule has 0 saturated carbocycles. The fourth-order valence-corrected chi connectivity index (χ4v) is 3.28. The van der Waals surface area contributed by atoms with Gasteiger partial charge in [-0.1, -0.05) is 42.4 Å². The molecule has 0 fully saturated rings. The lowest BCUT2D eigenvalue weighted by atomic mass is 10.0. The highest BCUT2D eigenvalue weighted by Crippen LogP contribution is 2.23. The molecule has 0 bridgehead atoms.